The van der Waals surface area contributed by atoms with Gasteiger partial charge in [-0.05, 0) is 171 Å². The van der Waals surface area contributed by atoms with E-state index in [2.05, 4.69) is 90.4 Å². The van der Waals surface area contributed by atoms with E-state index in [0.717, 1.165) is 6.92 Å². The Labute approximate surface area is 851 Å². The summed E-state index contributed by atoms with van der Waals surface area (Å²) in [5, 5.41) is 121. The quantitative estimate of drug-likeness (QED) is 0.0164. The number of unbranched alkanes of at least 4 members (excludes halogenated alkanes) is 2. The molecular formula is C92H154N26O29. The Morgan fingerprint density at radius 3 is 1.23 bits per heavy atom. The average Bonchev–Trinajstić information content (AvgIpc) is 1.67. The molecule has 36 N–H and O–H groups in total. The van der Waals surface area contributed by atoms with Crippen molar-refractivity contribution in [2.24, 2.45) is 52.3 Å². The Bertz CT molecular complexity index is 4630. The summed E-state index contributed by atoms with van der Waals surface area (Å²) in [6, 6.07) is -22.3. The summed E-state index contributed by atoms with van der Waals surface area (Å²) in [7, 11) is 0. The Balaban J connectivity index is 1.86. The Kier molecular flexibility index (Phi) is 57.0. The molecule has 20 amide bonds. The van der Waals surface area contributed by atoms with Gasteiger partial charge in [-0.15, -0.1) is 0 Å². The highest BCUT2D eigenvalue weighted by Gasteiger charge is 2.45. The van der Waals surface area contributed by atoms with Crippen molar-refractivity contribution in [3.63, 3.8) is 0 Å². The third kappa shape index (κ3) is 44.7. The molecule has 55 heteroatoms. The molecule has 1 aromatic rings. The van der Waals surface area contributed by atoms with Gasteiger partial charge in [-0.2, -0.15) is 0 Å². The van der Waals surface area contributed by atoms with Gasteiger partial charge in [0, 0.05) is 38.9 Å². The van der Waals surface area contributed by atoms with Gasteiger partial charge in [-0.1, -0.05) is 73.9 Å². The molecule has 0 aliphatic carbocycles. The topological polar surface area (TPSA) is 894 Å². The first-order valence-corrected chi connectivity index (χ1v) is 49.2. The molecule has 2 saturated heterocycles. The van der Waals surface area contributed by atoms with E-state index in [1.54, 1.807) is 41.5 Å². The van der Waals surface area contributed by atoms with Crippen molar-refractivity contribution in [2.45, 2.75) is 306 Å². The van der Waals surface area contributed by atoms with E-state index in [4.69, 9.17) is 34.1 Å². The minimum Gasteiger partial charge on any atom is -0.508 e. The number of carboxylic acids is 2. The van der Waals surface area contributed by atoms with Gasteiger partial charge in [0.25, 0.3) is 0 Å². The summed E-state index contributed by atoms with van der Waals surface area (Å²) in [4.78, 5) is 304. The predicted molar refractivity (Wildman–Crippen MR) is 525 cm³/mol. The summed E-state index contributed by atoms with van der Waals surface area (Å²) < 4.78 is 0. The molecule has 0 unspecified atom stereocenters. The molecule has 2 heterocycles. The molecule has 3 rings (SSSR count). The van der Waals surface area contributed by atoms with E-state index in [-0.39, 0.29) is 140 Å². The molecule has 2 aliphatic rings. The third-order valence-electron chi connectivity index (χ3n) is 24.1. The Morgan fingerprint density at radius 2 is 0.776 bits per heavy atom. The van der Waals surface area contributed by atoms with Gasteiger partial charge in [-0.25, -0.2) is 4.79 Å². The monoisotopic (exact) mass is 2090 g/mol. The maximum Gasteiger partial charge on any atom is 0.328 e. The molecule has 19 atom stereocenters. The molecule has 2 fully saturated rings. The van der Waals surface area contributed by atoms with Crippen LogP contribution in [-0.4, -0.2) is 363 Å². The number of primary amides is 1. The first-order valence-electron chi connectivity index (χ1n) is 49.2. The number of phenolic OH excluding ortho intramolecular Hbond substituents is 1. The number of amides is 20. The summed E-state index contributed by atoms with van der Waals surface area (Å²) in [5.74, 6) is -25.0. The lowest BCUT2D eigenvalue weighted by Gasteiger charge is -2.33. The van der Waals surface area contributed by atoms with Gasteiger partial charge in [0.15, 0.2) is 5.96 Å². The molecule has 2 aliphatic heterocycles. The summed E-state index contributed by atoms with van der Waals surface area (Å²) in [5.41, 5.74) is 28.3. The molecule has 147 heavy (non-hydrogen) atoms. The van der Waals surface area contributed by atoms with E-state index in [1.807, 2.05) is 5.32 Å². The Hall–Kier alpha value is -13.6. The number of aliphatic hydroxyl groups is 4. The van der Waals surface area contributed by atoms with Crippen molar-refractivity contribution in [1.29, 1.82) is 5.41 Å². The van der Waals surface area contributed by atoms with Crippen LogP contribution in [0, 0.1) is 29.1 Å². The molecule has 0 saturated carbocycles. The average molecular weight is 2090 g/mol. The molecule has 0 bridgehead atoms. The van der Waals surface area contributed by atoms with Crippen molar-refractivity contribution < 1.29 is 141 Å². The number of carbonyl (C=O) groups is 22. The number of nitrogens with zero attached hydrogens (tertiary/aromatic N) is 2. The van der Waals surface area contributed by atoms with E-state index in [9.17, 15) is 141 Å². The van der Waals surface area contributed by atoms with Crippen LogP contribution in [0.4, 0.5) is 0 Å². The number of benzene rings is 1. The normalized spacial score (nSPS) is 16.8. The van der Waals surface area contributed by atoms with Gasteiger partial charge in [0.05, 0.1) is 39.5 Å². The lowest BCUT2D eigenvalue weighted by atomic mass is 9.95. The SMILES string of the molecule is CC[C@H](C)[C@H](NC(=O)[C@H](CC(C)C)NC(=O)[C@@H]1CCCN1C(=O)[C@H](CCCCN)NC(=O)[C@@H]1CCCN1C(=O)[C@H](CCCNC(=N)N)NC(=O)[C@H](CCC(N)=O)NC(=O)CN)C(=O)N[C@@H](Cc1ccc(O)cc1)C(=O)N[C@@H](CCC(=O)O)C(=O)N[C@@H](C)C(=O)N[C@@H](CO)C(=O)N[C@@H](CCCCN)C(=O)N[C@@H](CC(C)C)C(=O)N[C@@H](C)C(=O)N[C@@H](CO)C(=O)NCC(=O)N[C@H](C(=O)N[C@@H](CO)C(=O)N[C@@H](CO)C(=O)O)C(C)C. The fourth-order valence-corrected chi connectivity index (χ4v) is 15.7. The number of carboxylic acid groups (broad SMARTS) is 2. The molecule has 826 valence electrons. The number of hydrogen-bond donors (Lipinski definition) is 31. The number of aliphatic hydroxyl groups excluding tert-OH is 4. The number of hydrogen-bond acceptors (Lipinski definition) is 31. The number of nitrogens with one attached hydrogen (secondary N) is 19. The van der Waals surface area contributed by atoms with Crippen molar-refractivity contribution in [3.05, 3.63) is 29.8 Å². The molecule has 0 radical (unpaired) electrons. The number of aromatic hydroxyl groups is 1. The van der Waals surface area contributed by atoms with E-state index < -0.39 is 309 Å². The smallest absolute Gasteiger partial charge is 0.328 e. The summed E-state index contributed by atoms with van der Waals surface area (Å²) in [6.07, 6.45) is -0.466. The van der Waals surface area contributed by atoms with E-state index >= 15 is 0 Å². The van der Waals surface area contributed by atoms with Gasteiger partial charge in [-0.3, -0.25) is 106 Å². The maximum absolute atomic E-state index is 15.0. The van der Waals surface area contributed by atoms with Crippen LogP contribution in [0.3, 0.4) is 0 Å². The fraction of sp³-hybridized carbons (Fsp3) is 0.685. The highest BCUT2D eigenvalue weighted by Crippen LogP contribution is 2.26. The summed E-state index contributed by atoms with van der Waals surface area (Å²) >= 11 is 0. The van der Waals surface area contributed by atoms with Crippen molar-refractivity contribution in [1.82, 2.24) is 106 Å². The molecule has 0 aromatic heterocycles. The number of aliphatic carboxylic acids is 2. The first kappa shape index (κ1) is 128. The minimum atomic E-state index is -1.89. The van der Waals surface area contributed by atoms with Gasteiger partial charge in [0.2, 0.25) is 118 Å². The van der Waals surface area contributed by atoms with Crippen LogP contribution in [0.25, 0.3) is 0 Å². The zero-order valence-electron chi connectivity index (χ0n) is 84.8. The molecule has 0 spiro atoms. The number of guanidine groups is 1. The molecular weight excluding hydrogens is 1930 g/mol. The van der Waals surface area contributed by atoms with Crippen LogP contribution in [-0.2, 0) is 112 Å². The second kappa shape index (κ2) is 65.8. The van der Waals surface area contributed by atoms with Crippen LogP contribution in [0.2, 0.25) is 0 Å². The van der Waals surface area contributed by atoms with Crippen LogP contribution < -0.4 is 124 Å². The van der Waals surface area contributed by atoms with Crippen LogP contribution in [0.1, 0.15) is 197 Å². The second-order valence-electron chi connectivity index (χ2n) is 37.4. The van der Waals surface area contributed by atoms with Crippen molar-refractivity contribution in [3.8, 4) is 5.75 Å². The lowest BCUT2D eigenvalue weighted by molar-refractivity contribution is -0.145. The molecule has 1 aromatic carbocycles. The minimum absolute atomic E-state index is 0.0159. The maximum atomic E-state index is 15.0. The van der Waals surface area contributed by atoms with Gasteiger partial charge < -0.3 is 170 Å². The second-order valence-corrected chi connectivity index (χ2v) is 37.4. The zero-order valence-corrected chi connectivity index (χ0v) is 84.8. The number of carbonyl (C=O) groups excluding carboxylic acids is 20. The van der Waals surface area contributed by atoms with Crippen LogP contribution in [0.5, 0.6) is 5.75 Å². The van der Waals surface area contributed by atoms with E-state index in [0.29, 0.717) is 31.2 Å². The lowest BCUT2D eigenvalue weighted by Crippen LogP contribution is -2.61. The number of likely N-dealkylation sites (tertiary alicyclic amines) is 2. The molecule has 55 nitrogen and oxygen atoms in total. The standard InChI is InChI=1S/C92H154N26O29/c1-11-49(8)73(116-82(137)60(38-47(4)5)109-86(141)67-23-18-36-118(67)89(144)57(20-13-15-33-94)107-85(140)66-22-17-35-117(66)90(145)58(21-16-34-99-92(97)98)106-79(134)55(28-30-68(96)124)103-69(125)40-95)88(143)110-61(39-52-24-26-53(123)27-25-52)81(136)105-56(29-31-71(127)128)77(132)101-50(9)75(130)112-63(43-120)83(138)104-54(19-12-14-32-93)78(133)108-59(37-46(2)3)80(135)102-51(10)74(129)111-62(42-119)76(131)100-41-70(126)115-72(48(6)7)87(142)113-64(44-121)84(139)114-65(45-122)91(146)147/h24-27,46-51,54-67,72-73,119-123H,11-23,28-45,93-95H2,1-10H3,(H2,96,124)(H,100,131)(H,101,132)(H,102,135)(H,103,125)(H,104,138)(H,105,136)(H,106,134)(H,107,140)(H,108,133)(H,109,141)(H,110,143)(H,111,129)(H,112,130)(H,113,142)(H,114,139)(H,115,126)(H,116,137)(H,127,128)(H,146,147)(H4,97,98,99)/t49-,50-,51-,54-,55-,56-,57-,58-,59-,60-,61-,62-,63-,64-,65-,66-,67-,72-,73-/m0/s1. The zero-order chi connectivity index (χ0) is 111. The number of phenols is 1. The van der Waals surface area contributed by atoms with Crippen molar-refractivity contribution in [2.75, 3.05) is 72.2 Å². The largest absolute Gasteiger partial charge is 0.508 e. The number of rotatable bonds is 68. The fourth-order valence-electron chi connectivity index (χ4n) is 15.7. The van der Waals surface area contributed by atoms with Gasteiger partial charge in [0.1, 0.15) is 115 Å². The first-order chi connectivity index (χ1) is 69.3. The Morgan fingerprint density at radius 1 is 0.395 bits per heavy atom. The summed E-state index contributed by atoms with van der Waals surface area (Å²) in [6.45, 7) is 10.2. The van der Waals surface area contributed by atoms with Crippen LogP contribution in [0.15, 0.2) is 24.3 Å². The van der Waals surface area contributed by atoms with E-state index in [1.165, 1.54) is 54.8 Å². The number of nitrogens with two attached hydrogens (primary N) is 5. The third-order valence-corrected chi connectivity index (χ3v) is 24.1. The predicted octanol–water partition coefficient (Wildman–Crippen LogP) is -10.7. The van der Waals surface area contributed by atoms with Crippen molar-refractivity contribution >= 4 is 136 Å². The van der Waals surface area contributed by atoms with Crippen LogP contribution >= 0.6 is 0 Å². The highest BCUT2D eigenvalue weighted by molar-refractivity contribution is 6.02. The van der Waals surface area contributed by atoms with Gasteiger partial charge >= 0.3 is 11.9 Å². The highest BCUT2D eigenvalue weighted by atomic mass is 16.4.